The van der Waals surface area contributed by atoms with Crippen LogP contribution in [-0.4, -0.2) is 51.4 Å². The van der Waals surface area contributed by atoms with Gasteiger partial charge in [-0.25, -0.2) is 24.0 Å². The third-order valence-corrected chi connectivity index (χ3v) is 6.32. The molecule has 6 rings (SSSR count). The summed E-state index contributed by atoms with van der Waals surface area (Å²) in [5.74, 6) is 1.62. The monoisotopic (exact) mass is 510 g/mol. The van der Waals surface area contributed by atoms with Crippen LogP contribution >= 0.6 is 0 Å². The van der Waals surface area contributed by atoms with E-state index in [2.05, 4.69) is 35.7 Å². The number of ether oxygens (including phenoxy) is 1. The first-order chi connectivity index (χ1) is 18.5. The summed E-state index contributed by atoms with van der Waals surface area (Å²) < 4.78 is 25.1. The lowest BCUT2D eigenvalue weighted by Crippen LogP contribution is -2.18. The molecular formula is C26H23FN10O. The zero-order chi connectivity index (χ0) is 26.2. The van der Waals surface area contributed by atoms with Gasteiger partial charge in [-0.1, -0.05) is 17.3 Å². The first kappa shape index (κ1) is 23.3. The Morgan fingerprint density at radius 1 is 0.974 bits per heavy atom. The van der Waals surface area contributed by atoms with Gasteiger partial charge in [-0.15, -0.1) is 5.10 Å². The summed E-state index contributed by atoms with van der Waals surface area (Å²) in [6, 6.07) is 13.8. The maximum atomic E-state index is 14.7. The number of aromatic nitrogens is 9. The molecule has 38 heavy (non-hydrogen) atoms. The molecule has 0 spiro atoms. The quantitative estimate of drug-likeness (QED) is 0.344. The van der Waals surface area contributed by atoms with Crippen LogP contribution < -0.4 is 10.1 Å². The van der Waals surface area contributed by atoms with Crippen LogP contribution in [0.4, 0.5) is 16.2 Å². The highest BCUT2D eigenvalue weighted by atomic mass is 19.1. The molecule has 4 heterocycles. The van der Waals surface area contributed by atoms with Gasteiger partial charge in [0.05, 0.1) is 24.5 Å². The summed E-state index contributed by atoms with van der Waals surface area (Å²) in [6.07, 6.45) is 6.93. The van der Waals surface area contributed by atoms with Gasteiger partial charge in [0.1, 0.15) is 23.2 Å². The van der Waals surface area contributed by atoms with Gasteiger partial charge >= 0.3 is 0 Å². The number of imidazole rings is 1. The van der Waals surface area contributed by atoms with E-state index in [1.165, 1.54) is 13.2 Å². The van der Waals surface area contributed by atoms with E-state index in [-0.39, 0.29) is 5.75 Å². The van der Waals surface area contributed by atoms with E-state index < -0.39 is 11.9 Å². The second-order valence-electron chi connectivity index (χ2n) is 8.66. The number of benzene rings is 2. The topological polar surface area (TPSA) is 113 Å². The Morgan fingerprint density at radius 2 is 1.87 bits per heavy atom. The molecular weight excluding hydrogens is 487 g/mol. The first-order valence-corrected chi connectivity index (χ1v) is 11.8. The van der Waals surface area contributed by atoms with Crippen molar-refractivity contribution < 1.29 is 9.13 Å². The zero-order valence-corrected chi connectivity index (χ0v) is 20.8. The minimum absolute atomic E-state index is 0.169. The maximum Gasteiger partial charge on any atom is 0.228 e. The normalized spacial score (nSPS) is 12.1. The highest BCUT2D eigenvalue weighted by Gasteiger charge is 2.25. The number of fused-ring (bicyclic) bond motifs is 1. The third-order valence-electron chi connectivity index (χ3n) is 6.32. The van der Waals surface area contributed by atoms with Crippen LogP contribution in [0.5, 0.6) is 5.75 Å². The molecule has 0 bridgehead atoms. The number of hydrogen-bond donors (Lipinski definition) is 1. The van der Waals surface area contributed by atoms with Crippen molar-refractivity contribution in [3.05, 3.63) is 90.5 Å². The summed E-state index contributed by atoms with van der Waals surface area (Å²) >= 11 is 0. The Labute approximate surface area is 216 Å². The average Bonchev–Trinajstić information content (AvgIpc) is 3.65. The molecule has 0 aliphatic carbocycles. The number of halogens is 1. The highest BCUT2D eigenvalue weighted by molar-refractivity contribution is 5.81. The summed E-state index contributed by atoms with van der Waals surface area (Å²) in [6.45, 7) is 0. The number of nitrogens with one attached hydrogen (secondary N) is 1. The fourth-order valence-corrected chi connectivity index (χ4v) is 4.38. The van der Waals surface area contributed by atoms with Crippen LogP contribution in [0.1, 0.15) is 17.4 Å². The summed E-state index contributed by atoms with van der Waals surface area (Å²) in [4.78, 5) is 13.5. The first-order valence-electron chi connectivity index (χ1n) is 11.8. The molecule has 1 atom stereocenters. The molecule has 0 saturated carbocycles. The average molecular weight is 511 g/mol. The van der Waals surface area contributed by atoms with Crippen LogP contribution in [0, 0.1) is 5.82 Å². The smallest absolute Gasteiger partial charge is 0.228 e. The summed E-state index contributed by atoms with van der Waals surface area (Å²) in [5, 5.41) is 16.2. The predicted molar refractivity (Wildman–Crippen MR) is 138 cm³/mol. The van der Waals surface area contributed by atoms with Crippen molar-refractivity contribution in [3.8, 4) is 17.0 Å². The van der Waals surface area contributed by atoms with Gasteiger partial charge in [-0.05, 0) is 35.9 Å². The second kappa shape index (κ2) is 9.39. The van der Waals surface area contributed by atoms with Crippen LogP contribution in [-0.2, 0) is 14.1 Å². The number of aryl methyl sites for hydroxylation is 2. The molecule has 1 N–H and O–H groups in total. The Morgan fingerprint density at radius 3 is 2.61 bits per heavy atom. The predicted octanol–water partition coefficient (Wildman–Crippen LogP) is 3.88. The standard InChI is InChI=1S/C26H23FN10O/c1-35-13-12-28-25(35)24(17-5-7-22(38-3)18(27)14-17)37-21-6-4-16(15-20(21)33-34-37)19-8-10-29-26(31-19)32-23-9-11-30-36(23)2/h4-15,24H,1-3H3,(H,29,31,32)/t24-/m1/s1. The molecule has 0 amide bonds. The molecule has 0 fully saturated rings. The minimum Gasteiger partial charge on any atom is -0.494 e. The van der Waals surface area contributed by atoms with Gasteiger partial charge < -0.3 is 14.6 Å². The maximum absolute atomic E-state index is 14.7. The van der Waals surface area contributed by atoms with E-state index in [1.54, 1.807) is 40.1 Å². The Balaban J connectivity index is 1.40. The highest BCUT2D eigenvalue weighted by Crippen LogP contribution is 2.32. The fourth-order valence-electron chi connectivity index (χ4n) is 4.38. The van der Waals surface area contributed by atoms with Crippen LogP contribution in [0.25, 0.3) is 22.3 Å². The second-order valence-corrected chi connectivity index (χ2v) is 8.66. The van der Waals surface area contributed by atoms with Crippen LogP contribution in [0.3, 0.4) is 0 Å². The number of hydrogen-bond acceptors (Lipinski definition) is 8. The van der Waals surface area contributed by atoms with Crippen molar-refractivity contribution >= 4 is 22.8 Å². The number of anilines is 2. The van der Waals surface area contributed by atoms with Gasteiger partial charge in [0.25, 0.3) is 0 Å². The minimum atomic E-state index is -0.514. The number of nitrogens with zero attached hydrogens (tertiary/aromatic N) is 9. The fraction of sp³-hybridized carbons (Fsp3) is 0.154. The van der Waals surface area contributed by atoms with E-state index in [1.807, 2.05) is 55.2 Å². The van der Waals surface area contributed by atoms with E-state index in [0.717, 1.165) is 22.6 Å². The van der Waals surface area contributed by atoms with E-state index >= 15 is 0 Å². The summed E-state index contributed by atoms with van der Waals surface area (Å²) in [7, 11) is 5.16. The lowest BCUT2D eigenvalue weighted by Gasteiger charge is -2.19. The number of methoxy groups -OCH3 is 1. The molecule has 6 aromatic rings. The van der Waals surface area contributed by atoms with E-state index in [4.69, 9.17) is 4.74 Å². The third kappa shape index (κ3) is 4.11. The Kier molecular flexibility index (Phi) is 5.75. The van der Waals surface area contributed by atoms with Crippen molar-refractivity contribution in [1.82, 2.24) is 44.3 Å². The lowest BCUT2D eigenvalue weighted by atomic mass is 10.0. The van der Waals surface area contributed by atoms with E-state index in [0.29, 0.717) is 22.9 Å². The van der Waals surface area contributed by atoms with Gasteiger partial charge in [0.15, 0.2) is 11.6 Å². The molecule has 0 radical (unpaired) electrons. The molecule has 0 aliphatic heterocycles. The van der Waals surface area contributed by atoms with Crippen LogP contribution in [0.2, 0.25) is 0 Å². The molecule has 12 heteroatoms. The molecule has 4 aromatic heterocycles. The van der Waals surface area contributed by atoms with Crippen molar-refractivity contribution in [1.29, 1.82) is 0 Å². The molecule has 190 valence electrons. The van der Waals surface area contributed by atoms with Gasteiger partial charge in [-0.2, -0.15) is 5.10 Å². The Bertz CT molecular complexity index is 1750. The molecule has 11 nitrogen and oxygen atoms in total. The zero-order valence-electron chi connectivity index (χ0n) is 20.8. The van der Waals surface area contributed by atoms with Crippen molar-refractivity contribution in [2.45, 2.75) is 6.04 Å². The molecule has 2 aromatic carbocycles. The SMILES string of the molecule is COc1ccc([C@H](c2nccn2C)n2nnc3cc(-c4ccnc(Nc5ccnn5C)n4)ccc32)cc1F. The largest absolute Gasteiger partial charge is 0.494 e. The van der Waals surface area contributed by atoms with Gasteiger partial charge in [-0.3, -0.25) is 4.68 Å². The van der Waals surface area contributed by atoms with Gasteiger partial charge in [0, 0.05) is 44.3 Å². The molecule has 0 unspecified atom stereocenters. The van der Waals surface area contributed by atoms with Crippen molar-refractivity contribution in [3.63, 3.8) is 0 Å². The summed E-state index contributed by atoms with van der Waals surface area (Å²) in [5.41, 5.74) is 3.66. The number of rotatable bonds is 7. The van der Waals surface area contributed by atoms with E-state index in [9.17, 15) is 4.39 Å². The lowest BCUT2D eigenvalue weighted by molar-refractivity contribution is 0.385. The molecule has 0 saturated heterocycles. The van der Waals surface area contributed by atoms with Crippen molar-refractivity contribution in [2.24, 2.45) is 14.1 Å². The molecule has 0 aliphatic rings. The van der Waals surface area contributed by atoms with Crippen molar-refractivity contribution in [2.75, 3.05) is 12.4 Å². The van der Waals surface area contributed by atoms with Gasteiger partial charge in [0.2, 0.25) is 5.95 Å². The Hall–Kier alpha value is -5.13. The van der Waals surface area contributed by atoms with Crippen LogP contribution in [0.15, 0.2) is 73.3 Å².